The van der Waals surface area contributed by atoms with Gasteiger partial charge in [0.15, 0.2) is 0 Å². The van der Waals surface area contributed by atoms with Crippen LogP contribution in [0, 0.1) is 11.8 Å². The Kier molecular flexibility index (Phi) is 6.05. The minimum absolute atomic E-state index is 0.0496. The van der Waals surface area contributed by atoms with E-state index in [9.17, 15) is 9.59 Å². The van der Waals surface area contributed by atoms with Crippen molar-refractivity contribution < 1.29 is 9.59 Å². The first-order valence-corrected chi connectivity index (χ1v) is 9.62. The lowest BCUT2D eigenvalue weighted by atomic mass is 9.85. The molecule has 2 atom stereocenters. The zero-order valence-electron chi connectivity index (χ0n) is 15.1. The molecule has 25 heavy (non-hydrogen) atoms. The van der Waals surface area contributed by atoms with Gasteiger partial charge < -0.3 is 10.2 Å². The van der Waals surface area contributed by atoms with Crippen molar-refractivity contribution in [2.45, 2.75) is 57.9 Å². The van der Waals surface area contributed by atoms with Gasteiger partial charge in [0, 0.05) is 38.0 Å². The van der Waals surface area contributed by atoms with Crippen LogP contribution in [0.5, 0.6) is 0 Å². The summed E-state index contributed by atoms with van der Waals surface area (Å²) in [5, 5.41) is 3.07. The van der Waals surface area contributed by atoms with Gasteiger partial charge in [-0.1, -0.05) is 25.3 Å². The molecule has 0 spiro atoms. The number of hydrogen-bond donors (Lipinski definition) is 1. The normalized spacial score (nSPS) is 23.1. The van der Waals surface area contributed by atoms with Crippen LogP contribution in [0.3, 0.4) is 0 Å². The van der Waals surface area contributed by atoms with Crippen molar-refractivity contribution in [3.8, 4) is 0 Å². The first-order valence-electron chi connectivity index (χ1n) is 9.62. The van der Waals surface area contributed by atoms with Gasteiger partial charge in [-0.05, 0) is 37.8 Å². The molecule has 2 aliphatic rings. The third-order valence-electron chi connectivity index (χ3n) is 5.56. The van der Waals surface area contributed by atoms with Crippen molar-refractivity contribution in [1.82, 2.24) is 15.2 Å². The van der Waals surface area contributed by atoms with Crippen LogP contribution in [0.2, 0.25) is 0 Å². The third kappa shape index (κ3) is 4.59. The summed E-state index contributed by atoms with van der Waals surface area (Å²) in [7, 11) is 0. The van der Waals surface area contributed by atoms with E-state index < -0.39 is 0 Å². The SMILES string of the molecule is CC(=O)N[C@@H](c1ccccn1)[C@@H]1CCCN(C(=O)C2CCCCC2)C1. The molecule has 0 aromatic carbocycles. The summed E-state index contributed by atoms with van der Waals surface area (Å²) in [5.74, 6) is 0.708. The van der Waals surface area contributed by atoms with Crippen LogP contribution in [-0.2, 0) is 9.59 Å². The van der Waals surface area contributed by atoms with Crippen molar-refractivity contribution in [1.29, 1.82) is 0 Å². The van der Waals surface area contributed by atoms with E-state index in [2.05, 4.69) is 10.3 Å². The standard InChI is InChI=1S/C20H29N3O2/c1-15(24)22-19(18-11-5-6-12-21-18)17-10-7-13-23(14-17)20(25)16-8-3-2-4-9-16/h5-6,11-12,16-17,19H,2-4,7-10,13-14H2,1H3,(H,22,24)/t17-,19-/m1/s1. The Morgan fingerprint density at radius 3 is 2.64 bits per heavy atom. The fourth-order valence-electron chi connectivity index (χ4n) is 4.30. The molecule has 5 heteroatoms. The molecule has 1 aliphatic heterocycles. The number of amides is 2. The molecule has 1 aromatic heterocycles. The highest BCUT2D eigenvalue weighted by molar-refractivity contribution is 5.79. The van der Waals surface area contributed by atoms with Crippen LogP contribution in [-0.4, -0.2) is 34.8 Å². The van der Waals surface area contributed by atoms with Gasteiger partial charge in [-0.2, -0.15) is 0 Å². The van der Waals surface area contributed by atoms with Crippen LogP contribution >= 0.6 is 0 Å². The molecule has 1 aliphatic carbocycles. The van der Waals surface area contributed by atoms with E-state index in [1.165, 1.54) is 19.3 Å². The lowest BCUT2D eigenvalue weighted by molar-refractivity contribution is -0.138. The van der Waals surface area contributed by atoms with Crippen LogP contribution in [0.1, 0.15) is 63.6 Å². The molecule has 0 unspecified atom stereocenters. The van der Waals surface area contributed by atoms with Crippen LogP contribution in [0.4, 0.5) is 0 Å². The fourth-order valence-corrected chi connectivity index (χ4v) is 4.30. The van der Waals surface area contributed by atoms with E-state index in [-0.39, 0.29) is 23.8 Å². The number of nitrogens with zero attached hydrogens (tertiary/aromatic N) is 2. The van der Waals surface area contributed by atoms with Gasteiger partial charge in [-0.3, -0.25) is 14.6 Å². The molecule has 1 saturated carbocycles. The second-order valence-corrected chi connectivity index (χ2v) is 7.45. The highest BCUT2D eigenvalue weighted by atomic mass is 16.2. The molecule has 5 nitrogen and oxygen atoms in total. The number of carbonyl (C=O) groups is 2. The fraction of sp³-hybridized carbons (Fsp3) is 0.650. The van der Waals surface area contributed by atoms with E-state index in [1.54, 1.807) is 13.1 Å². The van der Waals surface area contributed by atoms with E-state index >= 15 is 0 Å². The smallest absolute Gasteiger partial charge is 0.225 e. The maximum Gasteiger partial charge on any atom is 0.225 e. The Labute approximate surface area is 150 Å². The lowest BCUT2D eigenvalue weighted by Crippen LogP contribution is -2.47. The number of nitrogens with one attached hydrogen (secondary N) is 1. The summed E-state index contributed by atoms with van der Waals surface area (Å²) in [6.45, 7) is 3.11. The topological polar surface area (TPSA) is 62.3 Å². The number of piperidine rings is 1. The molecule has 1 saturated heterocycles. The van der Waals surface area contributed by atoms with E-state index in [0.717, 1.165) is 44.5 Å². The molecule has 2 heterocycles. The number of carbonyl (C=O) groups excluding carboxylic acids is 2. The largest absolute Gasteiger partial charge is 0.348 e. The molecule has 0 bridgehead atoms. The molecule has 2 fully saturated rings. The highest BCUT2D eigenvalue weighted by Gasteiger charge is 2.34. The summed E-state index contributed by atoms with van der Waals surface area (Å²) in [6.07, 6.45) is 9.45. The average Bonchev–Trinajstić information content (AvgIpc) is 2.67. The summed E-state index contributed by atoms with van der Waals surface area (Å²) in [4.78, 5) is 31.1. The Morgan fingerprint density at radius 2 is 1.96 bits per heavy atom. The zero-order valence-corrected chi connectivity index (χ0v) is 15.1. The summed E-state index contributed by atoms with van der Waals surface area (Å²) < 4.78 is 0. The van der Waals surface area contributed by atoms with Crippen molar-refractivity contribution in [3.05, 3.63) is 30.1 Å². The Morgan fingerprint density at radius 1 is 1.16 bits per heavy atom. The summed E-state index contributed by atoms with van der Waals surface area (Å²) in [5.41, 5.74) is 0.884. The Bertz CT molecular complexity index is 584. The van der Waals surface area contributed by atoms with Crippen molar-refractivity contribution >= 4 is 11.8 Å². The first-order chi connectivity index (χ1) is 12.1. The monoisotopic (exact) mass is 343 g/mol. The van der Waals surface area contributed by atoms with Crippen LogP contribution in [0.25, 0.3) is 0 Å². The van der Waals surface area contributed by atoms with E-state index in [0.29, 0.717) is 5.91 Å². The predicted molar refractivity (Wildman–Crippen MR) is 96.7 cm³/mol. The minimum Gasteiger partial charge on any atom is -0.348 e. The molecule has 2 amide bonds. The van der Waals surface area contributed by atoms with Crippen LogP contribution in [0.15, 0.2) is 24.4 Å². The molecular formula is C20H29N3O2. The van der Waals surface area contributed by atoms with Gasteiger partial charge in [0.2, 0.25) is 11.8 Å². The number of rotatable bonds is 4. The third-order valence-corrected chi connectivity index (χ3v) is 5.56. The van der Waals surface area contributed by atoms with E-state index in [1.807, 2.05) is 23.1 Å². The van der Waals surface area contributed by atoms with Gasteiger partial charge in [0.25, 0.3) is 0 Å². The molecule has 1 N–H and O–H groups in total. The second kappa shape index (κ2) is 8.45. The van der Waals surface area contributed by atoms with Crippen molar-refractivity contribution in [2.75, 3.05) is 13.1 Å². The van der Waals surface area contributed by atoms with Gasteiger partial charge in [-0.15, -0.1) is 0 Å². The van der Waals surface area contributed by atoms with Gasteiger partial charge in [-0.25, -0.2) is 0 Å². The zero-order chi connectivity index (χ0) is 17.6. The lowest BCUT2D eigenvalue weighted by Gasteiger charge is -2.39. The molecule has 136 valence electrons. The summed E-state index contributed by atoms with van der Waals surface area (Å²) >= 11 is 0. The summed E-state index contributed by atoms with van der Waals surface area (Å²) in [6, 6.07) is 5.67. The quantitative estimate of drug-likeness (QED) is 0.914. The Balaban J connectivity index is 1.71. The molecule has 1 aromatic rings. The maximum absolute atomic E-state index is 12.9. The second-order valence-electron chi connectivity index (χ2n) is 7.45. The highest BCUT2D eigenvalue weighted by Crippen LogP contribution is 2.32. The predicted octanol–water partition coefficient (Wildman–Crippen LogP) is 3.08. The van der Waals surface area contributed by atoms with Gasteiger partial charge >= 0.3 is 0 Å². The van der Waals surface area contributed by atoms with Crippen molar-refractivity contribution in [2.24, 2.45) is 11.8 Å². The Hall–Kier alpha value is -1.91. The number of pyridine rings is 1. The van der Waals surface area contributed by atoms with E-state index in [4.69, 9.17) is 0 Å². The van der Waals surface area contributed by atoms with Crippen molar-refractivity contribution in [3.63, 3.8) is 0 Å². The molecular weight excluding hydrogens is 314 g/mol. The average molecular weight is 343 g/mol. The first kappa shape index (κ1) is 17.9. The van der Waals surface area contributed by atoms with Gasteiger partial charge in [0.1, 0.15) is 0 Å². The number of likely N-dealkylation sites (tertiary alicyclic amines) is 1. The van der Waals surface area contributed by atoms with Gasteiger partial charge in [0.05, 0.1) is 11.7 Å². The molecule has 3 rings (SSSR count). The minimum atomic E-state index is -0.124. The maximum atomic E-state index is 12.9. The number of hydrogen-bond acceptors (Lipinski definition) is 3. The molecule has 0 radical (unpaired) electrons. The van der Waals surface area contributed by atoms with Crippen LogP contribution < -0.4 is 5.32 Å². The number of aromatic nitrogens is 1.